The highest BCUT2D eigenvalue weighted by Gasteiger charge is 2.41. The minimum atomic E-state index is 0.00736. The molecule has 0 aliphatic carbocycles. The van der Waals surface area contributed by atoms with Crippen molar-refractivity contribution in [2.75, 3.05) is 6.54 Å². The summed E-state index contributed by atoms with van der Waals surface area (Å²) in [6.07, 6.45) is 5.34. The molecule has 174 valence electrons. The van der Waals surface area contributed by atoms with E-state index in [2.05, 4.69) is 59.6 Å². The Balaban J connectivity index is 0.00000126. The van der Waals surface area contributed by atoms with Crippen molar-refractivity contribution >= 4 is 17.0 Å². The highest BCUT2D eigenvalue weighted by molar-refractivity contribution is 5.94. The van der Waals surface area contributed by atoms with E-state index in [9.17, 15) is 4.79 Å². The molecule has 0 bridgehead atoms. The molecule has 0 saturated carbocycles. The summed E-state index contributed by atoms with van der Waals surface area (Å²) in [5.74, 6) is 0.607. The summed E-state index contributed by atoms with van der Waals surface area (Å²) in [4.78, 5) is 19.8. The number of benzene rings is 2. The van der Waals surface area contributed by atoms with Gasteiger partial charge in [-0.05, 0) is 37.1 Å². The van der Waals surface area contributed by atoms with E-state index in [1.54, 1.807) is 0 Å². The van der Waals surface area contributed by atoms with E-state index in [-0.39, 0.29) is 18.0 Å². The second-order valence-electron chi connectivity index (χ2n) is 8.50. The number of aromatic nitrogens is 1. The van der Waals surface area contributed by atoms with E-state index in [4.69, 9.17) is 4.42 Å². The van der Waals surface area contributed by atoms with E-state index in [1.165, 1.54) is 11.1 Å². The van der Waals surface area contributed by atoms with Gasteiger partial charge in [0.15, 0.2) is 5.58 Å². The van der Waals surface area contributed by atoms with E-state index < -0.39 is 0 Å². The van der Waals surface area contributed by atoms with E-state index in [0.717, 1.165) is 36.1 Å². The Kier molecular flexibility index (Phi) is 7.14. The molecule has 1 amide bonds. The van der Waals surface area contributed by atoms with Crippen LogP contribution < -0.4 is 5.43 Å². The number of amides is 1. The third-order valence-corrected chi connectivity index (χ3v) is 6.16. The molecule has 2 aliphatic rings. The van der Waals surface area contributed by atoms with E-state index in [0.29, 0.717) is 19.0 Å². The third-order valence-electron chi connectivity index (χ3n) is 6.16. The van der Waals surface area contributed by atoms with Crippen LogP contribution in [0.25, 0.3) is 11.1 Å². The molecule has 2 aromatic carbocycles. The molecule has 0 spiro atoms. The normalized spacial score (nSPS) is 19.9. The lowest BCUT2D eigenvalue weighted by atomic mass is 10.0. The third kappa shape index (κ3) is 4.81. The number of oxazole rings is 1. The number of hydrogen-bond acceptors (Lipinski definition) is 5. The molecule has 6 nitrogen and oxygen atoms in total. The van der Waals surface area contributed by atoms with Gasteiger partial charge in [0, 0.05) is 6.54 Å². The molecule has 2 aliphatic heterocycles. The molecule has 1 fully saturated rings. The second-order valence-corrected chi connectivity index (χ2v) is 8.50. The highest BCUT2D eigenvalue weighted by atomic mass is 16.3. The maximum absolute atomic E-state index is 13.4. The first-order valence-corrected chi connectivity index (χ1v) is 12.1. The first kappa shape index (κ1) is 23.1. The maximum Gasteiger partial charge on any atom is 0.271 e. The lowest BCUT2D eigenvalue weighted by molar-refractivity contribution is -0.135. The Bertz CT molecular complexity index is 1090. The quantitative estimate of drug-likeness (QED) is 0.541. The lowest BCUT2D eigenvalue weighted by Crippen LogP contribution is -2.56. The van der Waals surface area contributed by atoms with Gasteiger partial charge in [-0.15, -0.1) is 0 Å². The van der Waals surface area contributed by atoms with E-state index in [1.807, 2.05) is 43.0 Å². The summed E-state index contributed by atoms with van der Waals surface area (Å²) < 4.78 is 5.89. The van der Waals surface area contributed by atoms with Crippen molar-refractivity contribution in [3.05, 3.63) is 77.3 Å². The molecule has 0 radical (unpaired) electrons. The predicted molar refractivity (Wildman–Crippen MR) is 131 cm³/mol. The molecule has 1 aromatic heterocycles. The van der Waals surface area contributed by atoms with Gasteiger partial charge in [-0.2, -0.15) is 0 Å². The van der Waals surface area contributed by atoms with Crippen LogP contribution in [-0.4, -0.2) is 33.4 Å². The smallest absolute Gasteiger partial charge is 0.271 e. The number of carbonyl (C=O) groups excluding carboxylic acids is 1. The number of nitrogens with zero attached hydrogens (tertiary/aromatic N) is 3. The van der Waals surface area contributed by atoms with Gasteiger partial charge in [-0.1, -0.05) is 75.6 Å². The number of hydrazine groups is 1. The van der Waals surface area contributed by atoms with Crippen LogP contribution >= 0.6 is 0 Å². The zero-order valence-corrected chi connectivity index (χ0v) is 20.0. The average Bonchev–Trinajstić information content (AvgIpc) is 3.46. The van der Waals surface area contributed by atoms with Gasteiger partial charge in [0.05, 0.1) is 18.6 Å². The number of unbranched alkanes of at least 4 members (excludes halogenated alkanes) is 1. The number of piperazine rings is 1. The van der Waals surface area contributed by atoms with E-state index >= 15 is 0 Å². The minimum absolute atomic E-state index is 0.00736. The zero-order chi connectivity index (χ0) is 23.4. The second kappa shape index (κ2) is 10.2. The summed E-state index contributed by atoms with van der Waals surface area (Å²) in [5, 5.41) is 2.10. The van der Waals surface area contributed by atoms with Crippen molar-refractivity contribution < 1.29 is 9.21 Å². The number of para-hydroxylation sites is 2. The van der Waals surface area contributed by atoms with Gasteiger partial charge in [0.25, 0.3) is 5.91 Å². The van der Waals surface area contributed by atoms with Crippen LogP contribution in [0.4, 0.5) is 0 Å². The van der Waals surface area contributed by atoms with Crippen LogP contribution in [0.5, 0.6) is 0 Å². The Morgan fingerprint density at radius 1 is 1.12 bits per heavy atom. The van der Waals surface area contributed by atoms with Crippen molar-refractivity contribution in [2.24, 2.45) is 0 Å². The highest BCUT2D eigenvalue weighted by Crippen LogP contribution is 2.32. The number of rotatable bonds is 6. The van der Waals surface area contributed by atoms with Crippen LogP contribution in [0.1, 0.15) is 63.1 Å². The van der Waals surface area contributed by atoms with Gasteiger partial charge >= 0.3 is 0 Å². The minimum Gasteiger partial charge on any atom is -0.439 e. The molecule has 33 heavy (non-hydrogen) atoms. The lowest BCUT2D eigenvalue weighted by Gasteiger charge is -2.41. The molecule has 1 saturated heterocycles. The van der Waals surface area contributed by atoms with Crippen molar-refractivity contribution in [1.82, 2.24) is 20.3 Å². The fourth-order valence-electron chi connectivity index (χ4n) is 4.44. The Labute approximate surface area is 196 Å². The van der Waals surface area contributed by atoms with Crippen LogP contribution in [0.2, 0.25) is 0 Å². The topological polar surface area (TPSA) is 61.6 Å². The summed E-state index contributed by atoms with van der Waals surface area (Å²) in [6, 6.07) is 16.4. The standard InChI is InChI=1S/C25H28N4O2.C2H6/c1-3-4-7-19-15-28(16-24-26-20-8-5-6-9-23(20)31-24)25(30)22-14-21(27-29(19)22)18-12-10-17(2)11-13-18;1-2/h5-6,8-14,19,21,27H,3-4,7,15-16H2,1-2H3;1-2H3. The SMILES string of the molecule is CC.CCCCC1CN(Cc2nc3ccccc3o2)C(=O)C2=CC(c3ccc(C)cc3)NN21. The number of fused-ring (bicyclic) bond motifs is 2. The van der Waals surface area contributed by atoms with Crippen LogP contribution in [0, 0.1) is 6.92 Å². The van der Waals surface area contributed by atoms with Gasteiger partial charge in [-0.25, -0.2) is 10.4 Å². The largest absolute Gasteiger partial charge is 0.439 e. The number of aryl methyl sites for hydroxylation is 1. The first-order chi connectivity index (χ1) is 16.1. The molecular weight excluding hydrogens is 412 g/mol. The van der Waals surface area contributed by atoms with Gasteiger partial charge in [0.1, 0.15) is 11.2 Å². The number of nitrogens with one attached hydrogen (secondary N) is 1. The molecule has 3 heterocycles. The summed E-state index contributed by atoms with van der Waals surface area (Å²) in [5.41, 5.74) is 8.29. The van der Waals surface area contributed by atoms with Crippen molar-refractivity contribution in [3.8, 4) is 0 Å². The maximum atomic E-state index is 13.4. The fraction of sp³-hybridized carbons (Fsp3) is 0.407. The summed E-state index contributed by atoms with van der Waals surface area (Å²) >= 11 is 0. The molecule has 2 atom stereocenters. The van der Waals surface area contributed by atoms with Gasteiger partial charge < -0.3 is 9.32 Å². The van der Waals surface area contributed by atoms with Crippen molar-refractivity contribution in [2.45, 2.75) is 65.6 Å². The molecule has 1 N–H and O–H groups in total. The molecule has 3 aromatic rings. The Hall–Kier alpha value is -3.12. The molecule has 2 unspecified atom stereocenters. The molecular formula is C27H34N4O2. The van der Waals surface area contributed by atoms with Gasteiger partial charge in [0.2, 0.25) is 5.89 Å². The summed E-state index contributed by atoms with van der Waals surface area (Å²) in [6.45, 7) is 9.33. The van der Waals surface area contributed by atoms with Crippen LogP contribution in [0.3, 0.4) is 0 Å². The van der Waals surface area contributed by atoms with Gasteiger partial charge in [-0.3, -0.25) is 9.80 Å². The monoisotopic (exact) mass is 446 g/mol. The fourth-order valence-corrected chi connectivity index (χ4v) is 4.44. The van der Waals surface area contributed by atoms with Crippen molar-refractivity contribution in [1.29, 1.82) is 0 Å². The number of hydrogen-bond donors (Lipinski definition) is 1. The molecule has 5 rings (SSSR count). The first-order valence-electron chi connectivity index (χ1n) is 12.1. The Morgan fingerprint density at radius 2 is 1.88 bits per heavy atom. The van der Waals surface area contributed by atoms with Crippen LogP contribution in [-0.2, 0) is 11.3 Å². The average molecular weight is 447 g/mol. The Morgan fingerprint density at radius 3 is 2.61 bits per heavy atom. The number of carbonyl (C=O) groups is 1. The van der Waals surface area contributed by atoms with Crippen molar-refractivity contribution in [3.63, 3.8) is 0 Å². The predicted octanol–water partition coefficient (Wildman–Crippen LogP) is 5.51. The zero-order valence-electron chi connectivity index (χ0n) is 20.0. The summed E-state index contributed by atoms with van der Waals surface area (Å²) in [7, 11) is 0. The van der Waals surface area contributed by atoms with Crippen LogP contribution in [0.15, 0.2) is 64.7 Å². The molecule has 6 heteroatoms.